The lowest BCUT2D eigenvalue weighted by Gasteiger charge is -2.09. The first-order valence-electron chi connectivity index (χ1n) is 7.34. The summed E-state index contributed by atoms with van der Waals surface area (Å²) in [5, 5.41) is 22.2. The van der Waals surface area contributed by atoms with Crippen LogP contribution >= 0.6 is 0 Å². The van der Waals surface area contributed by atoms with Crippen LogP contribution in [-0.4, -0.2) is 21.6 Å². The maximum absolute atomic E-state index is 11.9. The molecule has 0 radical (unpaired) electrons. The molecule has 122 valence electrons. The van der Waals surface area contributed by atoms with Crippen LogP contribution in [-0.2, 0) is 6.42 Å². The van der Waals surface area contributed by atoms with Gasteiger partial charge < -0.3 is 15.8 Å². The zero-order chi connectivity index (χ0) is 17.3. The molecule has 0 saturated heterocycles. The van der Waals surface area contributed by atoms with E-state index in [1.807, 2.05) is 0 Å². The van der Waals surface area contributed by atoms with Crippen molar-refractivity contribution in [3.63, 3.8) is 0 Å². The van der Waals surface area contributed by atoms with Crippen molar-refractivity contribution in [2.75, 3.05) is 6.54 Å². The Morgan fingerprint density at radius 1 is 1.25 bits per heavy atom. The van der Waals surface area contributed by atoms with E-state index in [4.69, 9.17) is 5.73 Å². The summed E-state index contributed by atoms with van der Waals surface area (Å²) in [4.78, 5) is 25.4. The number of aromatic nitrogens is 1. The van der Waals surface area contributed by atoms with Crippen molar-refractivity contribution in [2.45, 2.75) is 6.42 Å². The Hall–Kier alpha value is -3.19. The predicted molar refractivity (Wildman–Crippen MR) is 91.1 cm³/mol. The number of nitrogens with zero attached hydrogens (tertiary/aromatic N) is 1. The van der Waals surface area contributed by atoms with Crippen molar-refractivity contribution in [2.24, 2.45) is 5.73 Å². The summed E-state index contributed by atoms with van der Waals surface area (Å²) in [7, 11) is 0. The minimum atomic E-state index is -0.456. The third-order valence-electron chi connectivity index (χ3n) is 3.91. The number of nitro groups is 1. The number of benzene rings is 2. The quantitative estimate of drug-likeness (QED) is 0.502. The summed E-state index contributed by atoms with van der Waals surface area (Å²) in [6.45, 7) is 0.308. The highest BCUT2D eigenvalue weighted by Crippen LogP contribution is 2.34. The summed E-state index contributed by atoms with van der Waals surface area (Å²) in [5.74, 6) is -0.0534. The lowest BCUT2D eigenvalue weighted by molar-refractivity contribution is -0.385. The van der Waals surface area contributed by atoms with E-state index >= 15 is 0 Å². The number of hydrogen-bond donors (Lipinski definition) is 3. The van der Waals surface area contributed by atoms with Gasteiger partial charge in [0.15, 0.2) is 0 Å². The molecular weight excluding hydrogens is 310 g/mol. The SMILES string of the molecule is NCCc1ccc(-c2c[nH]c(=O)c3cccc(O)c23)cc1[N+](=O)[O-]. The number of aromatic amines is 1. The molecule has 0 aliphatic carbocycles. The smallest absolute Gasteiger partial charge is 0.273 e. The van der Waals surface area contributed by atoms with Crippen molar-refractivity contribution in [3.8, 4) is 16.9 Å². The molecule has 7 nitrogen and oxygen atoms in total. The van der Waals surface area contributed by atoms with E-state index < -0.39 is 4.92 Å². The molecule has 0 amide bonds. The molecule has 1 heterocycles. The van der Waals surface area contributed by atoms with Crippen LogP contribution in [0.25, 0.3) is 21.9 Å². The standard InChI is InChI=1S/C17H15N3O4/c18-7-6-10-4-5-11(8-14(10)20(23)24)13-9-19-17(22)12-2-1-3-15(21)16(12)13/h1-5,8-9,21H,6-7,18H2,(H,19,22). The van der Waals surface area contributed by atoms with Gasteiger partial charge in [0.25, 0.3) is 11.2 Å². The van der Waals surface area contributed by atoms with Crippen molar-refractivity contribution < 1.29 is 10.0 Å². The molecule has 0 unspecified atom stereocenters. The van der Waals surface area contributed by atoms with Crippen molar-refractivity contribution in [1.29, 1.82) is 0 Å². The Morgan fingerprint density at radius 3 is 2.75 bits per heavy atom. The van der Waals surface area contributed by atoms with Gasteiger partial charge in [0.05, 0.1) is 10.3 Å². The van der Waals surface area contributed by atoms with Crippen molar-refractivity contribution in [1.82, 2.24) is 4.98 Å². The van der Waals surface area contributed by atoms with E-state index in [1.54, 1.807) is 24.3 Å². The van der Waals surface area contributed by atoms with Crippen LogP contribution in [0.5, 0.6) is 5.75 Å². The summed E-state index contributed by atoms with van der Waals surface area (Å²) in [5.41, 5.74) is 6.72. The number of nitro benzene ring substituents is 1. The van der Waals surface area contributed by atoms with Gasteiger partial charge in [-0.05, 0) is 30.7 Å². The van der Waals surface area contributed by atoms with Crippen LogP contribution < -0.4 is 11.3 Å². The fraction of sp³-hybridized carbons (Fsp3) is 0.118. The molecule has 3 rings (SSSR count). The summed E-state index contributed by atoms with van der Waals surface area (Å²) in [6.07, 6.45) is 1.85. The highest BCUT2D eigenvalue weighted by atomic mass is 16.6. The van der Waals surface area contributed by atoms with E-state index in [2.05, 4.69) is 4.98 Å². The number of nitrogens with two attached hydrogens (primary N) is 1. The van der Waals surface area contributed by atoms with Crippen LogP contribution in [0.15, 0.2) is 47.4 Å². The minimum Gasteiger partial charge on any atom is -0.507 e. The summed E-state index contributed by atoms with van der Waals surface area (Å²) in [6, 6.07) is 9.44. The number of rotatable bonds is 4. The van der Waals surface area contributed by atoms with Crippen LogP contribution in [0.4, 0.5) is 5.69 Å². The van der Waals surface area contributed by atoms with Gasteiger partial charge in [0.1, 0.15) is 5.75 Å². The monoisotopic (exact) mass is 325 g/mol. The fourth-order valence-corrected chi connectivity index (χ4v) is 2.80. The van der Waals surface area contributed by atoms with Crippen LogP contribution in [0.1, 0.15) is 5.56 Å². The maximum atomic E-state index is 11.9. The molecule has 0 spiro atoms. The van der Waals surface area contributed by atoms with Gasteiger partial charge in [0, 0.05) is 28.8 Å². The third-order valence-corrected chi connectivity index (χ3v) is 3.91. The second kappa shape index (κ2) is 6.13. The van der Waals surface area contributed by atoms with Gasteiger partial charge in [0.2, 0.25) is 0 Å². The third kappa shape index (κ3) is 2.61. The second-order valence-corrected chi connectivity index (χ2v) is 5.37. The van der Waals surface area contributed by atoms with Gasteiger partial charge in [-0.25, -0.2) is 0 Å². The Kier molecular flexibility index (Phi) is 4.01. The lowest BCUT2D eigenvalue weighted by Crippen LogP contribution is -2.07. The summed E-state index contributed by atoms with van der Waals surface area (Å²) >= 11 is 0. The molecule has 0 saturated carbocycles. The molecule has 7 heteroatoms. The molecule has 0 aliphatic heterocycles. The van der Waals surface area contributed by atoms with E-state index in [1.165, 1.54) is 18.3 Å². The Morgan fingerprint density at radius 2 is 2.04 bits per heavy atom. The largest absolute Gasteiger partial charge is 0.507 e. The number of aromatic hydroxyl groups is 1. The number of phenols is 1. The molecule has 24 heavy (non-hydrogen) atoms. The number of hydrogen-bond acceptors (Lipinski definition) is 5. The molecule has 0 atom stereocenters. The van der Waals surface area contributed by atoms with Gasteiger partial charge in [-0.2, -0.15) is 0 Å². The number of nitrogens with one attached hydrogen (secondary N) is 1. The second-order valence-electron chi connectivity index (χ2n) is 5.37. The average molecular weight is 325 g/mol. The van der Waals surface area contributed by atoms with Gasteiger partial charge in [-0.1, -0.05) is 18.2 Å². The Bertz CT molecular complexity index is 995. The molecular formula is C17H15N3O4. The number of phenolic OH excluding ortho intramolecular Hbond substituents is 1. The maximum Gasteiger partial charge on any atom is 0.273 e. The first kappa shape index (κ1) is 15.7. The predicted octanol–water partition coefficient (Wildman–Crippen LogP) is 2.31. The fourth-order valence-electron chi connectivity index (χ4n) is 2.80. The highest BCUT2D eigenvalue weighted by Gasteiger charge is 2.17. The molecule has 0 aliphatic rings. The zero-order valence-electron chi connectivity index (χ0n) is 12.7. The average Bonchev–Trinajstić information content (AvgIpc) is 2.56. The topological polar surface area (TPSA) is 122 Å². The van der Waals surface area contributed by atoms with E-state index in [0.29, 0.717) is 40.4 Å². The van der Waals surface area contributed by atoms with E-state index in [-0.39, 0.29) is 17.0 Å². The molecule has 4 N–H and O–H groups in total. The molecule has 1 aromatic heterocycles. The van der Waals surface area contributed by atoms with Gasteiger partial charge in [-0.15, -0.1) is 0 Å². The summed E-state index contributed by atoms with van der Waals surface area (Å²) < 4.78 is 0. The molecule has 2 aromatic carbocycles. The van der Waals surface area contributed by atoms with Crippen LogP contribution in [0, 0.1) is 10.1 Å². The number of fused-ring (bicyclic) bond motifs is 1. The van der Waals surface area contributed by atoms with Crippen molar-refractivity contribution >= 4 is 16.5 Å². The Labute approximate surface area is 136 Å². The highest BCUT2D eigenvalue weighted by molar-refractivity contribution is 6.00. The molecule has 3 aromatic rings. The minimum absolute atomic E-state index is 0.0345. The first-order chi connectivity index (χ1) is 11.5. The molecule has 0 bridgehead atoms. The van der Waals surface area contributed by atoms with Crippen LogP contribution in [0.2, 0.25) is 0 Å². The van der Waals surface area contributed by atoms with Crippen LogP contribution in [0.3, 0.4) is 0 Å². The Balaban J connectivity index is 2.29. The number of H-pyrrole nitrogens is 1. The zero-order valence-corrected chi connectivity index (χ0v) is 12.7. The van der Waals surface area contributed by atoms with Gasteiger partial charge in [-0.3, -0.25) is 14.9 Å². The van der Waals surface area contributed by atoms with E-state index in [9.17, 15) is 20.0 Å². The normalized spacial score (nSPS) is 10.9. The lowest BCUT2D eigenvalue weighted by atomic mass is 9.97. The van der Waals surface area contributed by atoms with Gasteiger partial charge >= 0.3 is 0 Å². The van der Waals surface area contributed by atoms with Crippen molar-refractivity contribution in [3.05, 3.63) is 68.6 Å². The number of pyridine rings is 1. The first-order valence-corrected chi connectivity index (χ1v) is 7.34. The van der Waals surface area contributed by atoms with E-state index in [0.717, 1.165) is 0 Å². The molecule has 0 fully saturated rings.